The zero-order valence-electron chi connectivity index (χ0n) is 12.9. The molecule has 3 rings (SSSR count). The number of aliphatic imine (C=N–C) groups is 1. The fraction of sp³-hybridized carbons (Fsp3) is 0.400. The van der Waals surface area contributed by atoms with E-state index in [9.17, 15) is 0 Å². The summed E-state index contributed by atoms with van der Waals surface area (Å²) in [4.78, 5) is 9.01. The van der Waals surface area contributed by atoms with Crippen LogP contribution >= 0.6 is 27.5 Å². The van der Waals surface area contributed by atoms with Gasteiger partial charge in [0.2, 0.25) is 0 Å². The maximum atomic E-state index is 6.55. The number of nitrogens with one attached hydrogen (secondary N) is 1. The first-order valence-electron chi connectivity index (χ1n) is 7.40. The van der Waals surface area contributed by atoms with Crippen molar-refractivity contribution in [1.82, 2.24) is 10.2 Å². The monoisotopic (exact) mass is 398 g/mol. The molecule has 0 saturated carbocycles. The SMILES string of the molecule is CN1CCN(c2ccc(Br)cc2C2(N)N=CNC(Cl)=C2N)CC1. The molecule has 2 heterocycles. The summed E-state index contributed by atoms with van der Waals surface area (Å²) in [7, 11) is 2.13. The second kappa shape index (κ2) is 6.32. The summed E-state index contributed by atoms with van der Waals surface area (Å²) in [6, 6.07) is 6.03. The summed E-state index contributed by atoms with van der Waals surface area (Å²) in [5.41, 5.74) is 13.7. The summed E-state index contributed by atoms with van der Waals surface area (Å²) in [5.74, 6) is 0. The topological polar surface area (TPSA) is 82.9 Å². The minimum absolute atomic E-state index is 0.312. The predicted molar refractivity (Wildman–Crippen MR) is 98.4 cm³/mol. The van der Waals surface area contributed by atoms with Gasteiger partial charge in [0.15, 0.2) is 5.66 Å². The molecule has 2 aliphatic rings. The van der Waals surface area contributed by atoms with E-state index in [1.165, 1.54) is 6.34 Å². The normalized spacial score (nSPS) is 25.7. The Kier molecular flexibility index (Phi) is 4.55. The lowest BCUT2D eigenvalue weighted by atomic mass is 9.94. The van der Waals surface area contributed by atoms with Crippen LogP contribution in [0.1, 0.15) is 5.56 Å². The van der Waals surface area contributed by atoms with E-state index in [0.717, 1.165) is 41.9 Å². The summed E-state index contributed by atoms with van der Waals surface area (Å²) in [5, 5.41) is 3.10. The van der Waals surface area contributed by atoms with Crippen molar-refractivity contribution in [2.45, 2.75) is 5.66 Å². The van der Waals surface area contributed by atoms with Crippen LogP contribution in [0.25, 0.3) is 0 Å². The quantitative estimate of drug-likeness (QED) is 0.653. The molecule has 0 bridgehead atoms. The molecule has 1 fully saturated rings. The highest BCUT2D eigenvalue weighted by Gasteiger charge is 2.37. The van der Waals surface area contributed by atoms with Crippen molar-refractivity contribution in [2.24, 2.45) is 16.5 Å². The predicted octanol–water partition coefficient (Wildman–Crippen LogP) is 1.31. The zero-order valence-corrected chi connectivity index (χ0v) is 15.2. The molecule has 0 spiro atoms. The standard InChI is InChI=1S/C15H20BrClN6/c1-22-4-6-23(7-5-22)12-3-2-10(16)8-11(12)15(19)13(18)14(17)20-9-21-15/h2-3,8-9H,4-7,18-19H2,1H3,(H,20,21). The Morgan fingerprint density at radius 2 is 2.00 bits per heavy atom. The van der Waals surface area contributed by atoms with E-state index in [1.807, 2.05) is 12.1 Å². The molecule has 1 atom stereocenters. The number of nitrogens with zero attached hydrogens (tertiary/aromatic N) is 3. The highest BCUT2D eigenvalue weighted by Crippen LogP contribution is 2.38. The number of halogens is 2. The van der Waals surface area contributed by atoms with Crippen LogP contribution in [0.2, 0.25) is 0 Å². The number of benzene rings is 1. The van der Waals surface area contributed by atoms with Crippen molar-refractivity contribution in [3.05, 3.63) is 39.1 Å². The van der Waals surface area contributed by atoms with E-state index in [0.29, 0.717) is 10.9 Å². The zero-order chi connectivity index (χ0) is 16.6. The third kappa shape index (κ3) is 3.06. The molecule has 0 radical (unpaired) electrons. The van der Waals surface area contributed by atoms with E-state index < -0.39 is 5.66 Å². The van der Waals surface area contributed by atoms with Crippen LogP contribution in [0.4, 0.5) is 5.69 Å². The molecule has 0 aromatic heterocycles. The fourth-order valence-electron chi connectivity index (χ4n) is 2.86. The molecule has 1 aromatic carbocycles. The molecule has 1 saturated heterocycles. The van der Waals surface area contributed by atoms with E-state index in [2.05, 4.69) is 49.2 Å². The molecule has 2 aliphatic heterocycles. The van der Waals surface area contributed by atoms with E-state index in [1.54, 1.807) is 0 Å². The Labute approximate surface area is 149 Å². The molecule has 1 aromatic rings. The van der Waals surface area contributed by atoms with Crippen LogP contribution in [0, 0.1) is 0 Å². The molecule has 5 N–H and O–H groups in total. The second-order valence-electron chi connectivity index (χ2n) is 5.85. The molecule has 1 unspecified atom stereocenters. The lowest BCUT2D eigenvalue weighted by molar-refractivity contribution is 0.312. The van der Waals surface area contributed by atoms with Gasteiger partial charge in [-0.2, -0.15) is 0 Å². The minimum Gasteiger partial charge on any atom is -0.396 e. The third-order valence-electron chi connectivity index (χ3n) is 4.32. The number of nitrogens with two attached hydrogens (primary N) is 2. The largest absolute Gasteiger partial charge is 0.396 e. The highest BCUT2D eigenvalue weighted by molar-refractivity contribution is 9.10. The van der Waals surface area contributed by atoms with E-state index >= 15 is 0 Å². The second-order valence-corrected chi connectivity index (χ2v) is 7.14. The lowest BCUT2D eigenvalue weighted by Crippen LogP contribution is -2.48. The number of hydrogen-bond donors (Lipinski definition) is 3. The number of likely N-dealkylation sites (N-methyl/N-ethyl adjacent to an activating group) is 1. The van der Waals surface area contributed by atoms with Crippen molar-refractivity contribution in [1.29, 1.82) is 0 Å². The molecular weight excluding hydrogens is 380 g/mol. The number of rotatable bonds is 2. The van der Waals surface area contributed by atoms with Gasteiger partial charge in [-0.15, -0.1) is 0 Å². The maximum absolute atomic E-state index is 6.55. The minimum atomic E-state index is -1.18. The number of hydrogen-bond acceptors (Lipinski definition) is 6. The van der Waals surface area contributed by atoms with Crippen LogP contribution < -0.4 is 21.7 Å². The first kappa shape index (κ1) is 16.6. The summed E-state index contributed by atoms with van der Waals surface area (Å²) in [6.07, 6.45) is 1.49. The van der Waals surface area contributed by atoms with Gasteiger partial charge in [-0.05, 0) is 25.2 Å². The first-order valence-corrected chi connectivity index (χ1v) is 8.57. The van der Waals surface area contributed by atoms with Crippen LogP contribution in [0.5, 0.6) is 0 Å². The van der Waals surface area contributed by atoms with Gasteiger partial charge >= 0.3 is 0 Å². The third-order valence-corrected chi connectivity index (χ3v) is 5.13. The van der Waals surface area contributed by atoms with Crippen molar-refractivity contribution in [2.75, 3.05) is 38.1 Å². The first-order chi connectivity index (χ1) is 10.9. The van der Waals surface area contributed by atoms with Gasteiger partial charge in [0, 0.05) is 41.9 Å². The van der Waals surface area contributed by atoms with Crippen molar-refractivity contribution in [3.8, 4) is 0 Å². The summed E-state index contributed by atoms with van der Waals surface area (Å²) < 4.78 is 0.924. The number of piperazine rings is 1. The molecule has 8 heteroatoms. The molecule has 0 aliphatic carbocycles. The van der Waals surface area contributed by atoms with E-state index in [4.69, 9.17) is 23.1 Å². The van der Waals surface area contributed by atoms with Gasteiger partial charge in [0.05, 0.1) is 12.0 Å². The molecule has 0 amide bonds. The van der Waals surface area contributed by atoms with Crippen molar-refractivity contribution < 1.29 is 0 Å². The lowest BCUT2D eigenvalue weighted by Gasteiger charge is -2.38. The van der Waals surface area contributed by atoms with Crippen molar-refractivity contribution in [3.63, 3.8) is 0 Å². The summed E-state index contributed by atoms with van der Waals surface area (Å²) in [6.45, 7) is 3.87. The van der Waals surface area contributed by atoms with Gasteiger partial charge in [-0.25, -0.2) is 4.99 Å². The highest BCUT2D eigenvalue weighted by atomic mass is 79.9. The van der Waals surface area contributed by atoms with E-state index in [-0.39, 0.29) is 0 Å². The van der Waals surface area contributed by atoms with Gasteiger partial charge < -0.3 is 20.9 Å². The fourth-order valence-corrected chi connectivity index (χ4v) is 3.41. The Morgan fingerprint density at radius 3 is 2.70 bits per heavy atom. The molecular formula is C15H20BrClN6. The van der Waals surface area contributed by atoms with Gasteiger partial charge in [0.25, 0.3) is 0 Å². The average molecular weight is 400 g/mol. The average Bonchev–Trinajstić information content (AvgIpc) is 2.53. The van der Waals surface area contributed by atoms with Crippen LogP contribution in [-0.2, 0) is 5.66 Å². The smallest absolute Gasteiger partial charge is 0.180 e. The van der Waals surface area contributed by atoms with Crippen LogP contribution in [0.3, 0.4) is 0 Å². The molecule has 124 valence electrons. The maximum Gasteiger partial charge on any atom is 0.180 e. The van der Waals surface area contributed by atoms with Gasteiger partial charge in [-0.1, -0.05) is 27.5 Å². The van der Waals surface area contributed by atoms with Crippen molar-refractivity contribution >= 4 is 39.6 Å². The van der Waals surface area contributed by atoms with Crippen LogP contribution in [0.15, 0.2) is 38.5 Å². The Morgan fingerprint density at radius 1 is 1.30 bits per heavy atom. The van der Waals surface area contributed by atoms with Crippen LogP contribution in [-0.4, -0.2) is 44.5 Å². The molecule has 23 heavy (non-hydrogen) atoms. The molecule has 6 nitrogen and oxygen atoms in total. The van der Waals surface area contributed by atoms with Gasteiger partial charge in [-0.3, -0.25) is 5.73 Å². The van der Waals surface area contributed by atoms with Gasteiger partial charge in [0.1, 0.15) is 5.16 Å². The Balaban J connectivity index is 2.06. The number of anilines is 1. The Bertz CT molecular complexity index is 668. The summed E-state index contributed by atoms with van der Waals surface area (Å²) >= 11 is 9.65. The Hall–Kier alpha value is -1.28.